The molecule has 0 atom stereocenters. The number of anilines is 1. The van der Waals surface area contributed by atoms with Crippen LogP contribution in [0, 0.1) is 5.82 Å². The fourth-order valence-corrected chi connectivity index (χ4v) is 3.06. The van der Waals surface area contributed by atoms with Crippen LogP contribution in [0.25, 0.3) is 0 Å². The highest BCUT2D eigenvalue weighted by Gasteiger charge is 2.21. The first-order chi connectivity index (χ1) is 12.7. The molecule has 144 valence electrons. The Morgan fingerprint density at radius 3 is 2.63 bits per heavy atom. The van der Waals surface area contributed by atoms with E-state index in [9.17, 15) is 9.18 Å². The van der Waals surface area contributed by atoms with Crippen molar-refractivity contribution >= 4 is 41.5 Å². The van der Waals surface area contributed by atoms with Gasteiger partial charge in [0.15, 0.2) is 5.96 Å². The maximum absolute atomic E-state index is 12.9. The lowest BCUT2D eigenvalue weighted by Gasteiger charge is -2.29. The fraction of sp³-hybridized carbons (Fsp3) is 0.300. The summed E-state index contributed by atoms with van der Waals surface area (Å²) in [6.45, 7) is 1.40. The van der Waals surface area contributed by atoms with E-state index in [0.29, 0.717) is 12.5 Å². The average molecular weight is 482 g/mol. The van der Waals surface area contributed by atoms with Gasteiger partial charge in [0.1, 0.15) is 5.82 Å². The van der Waals surface area contributed by atoms with E-state index >= 15 is 0 Å². The number of fused-ring (bicyclic) bond motifs is 1. The Bertz CT molecular complexity index is 795. The SMILES string of the molecule is CN=C(NCC(=O)N1CCCc2ccccc21)NCc1ccc(F)cc1.I. The lowest BCUT2D eigenvalue weighted by Crippen LogP contribution is -2.45. The van der Waals surface area contributed by atoms with E-state index in [1.807, 2.05) is 23.1 Å². The van der Waals surface area contributed by atoms with Crippen LogP contribution in [0.5, 0.6) is 0 Å². The van der Waals surface area contributed by atoms with Crippen LogP contribution >= 0.6 is 24.0 Å². The molecule has 5 nitrogen and oxygen atoms in total. The summed E-state index contributed by atoms with van der Waals surface area (Å²) >= 11 is 0. The number of para-hydroxylation sites is 1. The number of carbonyl (C=O) groups is 1. The molecule has 0 fully saturated rings. The molecule has 1 heterocycles. The third kappa shape index (κ3) is 5.66. The van der Waals surface area contributed by atoms with Crippen molar-refractivity contribution in [2.45, 2.75) is 19.4 Å². The largest absolute Gasteiger partial charge is 0.352 e. The van der Waals surface area contributed by atoms with Crippen molar-refractivity contribution in [3.8, 4) is 0 Å². The highest BCUT2D eigenvalue weighted by atomic mass is 127. The number of amides is 1. The number of halogens is 2. The standard InChI is InChI=1S/C20H23FN4O.HI/c1-22-20(23-13-15-8-10-17(21)11-9-15)24-14-19(26)25-12-4-6-16-5-2-3-7-18(16)25;/h2-3,5,7-11H,4,6,12-14H2,1H3,(H2,22,23,24);1H. The van der Waals surface area contributed by atoms with Crippen LogP contribution in [-0.2, 0) is 17.8 Å². The Hall–Kier alpha value is -2.16. The minimum atomic E-state index is -0.260. The number of aliphatic imine (C=N–C) groups is 1. The zero-order chi connectivity index (χ0) is 18.4. The second-order valence-electron chi connectivity index (χ2n) is 6.18. The zero-order valence-electron chi connectivity index (χ0n) is 15.2. The van der Waals surface area contributed by atoms with Crippen molar-refractivity contribution < 1.29 is 9.18 Å². The summed E-state index contributed by atoms with van der Waals surface area (Å²) < 4.78 is 12.9. The van der Waals surface area contributed by atoms with Gasteiger partial charge in [-0.05, 0) is 42.2 Å². The minimum absolute atomic E-state index is 0. The molecule has 0 spiro atoms. The molecule has 0 bridgehead atoms. The normalized spacial score (nSPS) is 13.4. The van der Waals surface area contributed by atoms with Crippen molar-refractivity contribution in [2.24, 2.45) is 4.99 Å². The number of guanidine groups is 1. The van der Waals surface area contributed by atoms with Gasteiger partial charge in [0.2, 0.25) is 5.91 Å². The molecule has 0 radical (unpaired) electrons. The smallest absolute Gasteiger partial charge is 0.246 e. The van der Waals surface area contributed by atoms with Gasteiger partial charge >= 0.3 is 0 Å². The van der Waals surface area contributed by atoms with E-state index in [0.717, 1.165) is 30.6 Å². The summed E-state index contributed by atoms with van der Waals surface area (Å²) in [5, 5.41) is 6.18. The topological polar surface area (TPSA) is 56.7 Å². The van der Waals surface area contributed by atoms with Gasteiger partial charge in [0, 0.05) is 25.8 Å². The van der Waals surface area contributed by atoms with Gasteiger partial charge in [-0.3, -0.25) is 9.79 Å². The fourth-order valence-electron chi connectivity index (χ4n) is 3.06. The Kier molecular flexibility index (Phi) is 8.02. The Balaban J connectivity index is 0.00000261. The molecular weight excluding hydrogens is 458 g/mol. The Morgan fingerprint density at radius 2 is 1.89 bits per heavy atom. The number of hydrogen-bond acceptors (Lipinski definition) is 2. The first-order valence-electron chi connectivity index (χ1n) is 8.74. The molecule has 1 aliphatic rings. The summed E-state index contributed by atoms with van der Waals surface area (Å²) in [7, 11) is 1.65. The molecule has 0 saturated heterocycles. The summed E-state index contributed by atoms with van der Waals surface area (Å²) in [6, 6.07) is 14.3. The molecule has 27 heavy (non-hydrogen) atoms. The van der Waals surface area contributed by atoms with Gasteiger partial charge in [-0.2, -0.15) is 0 Å². The molecule has 7 heteroatoms. The van der Waals surface area contributed by atoms with Gasteiger partial charge in [-0.15, -0.1) is 24.0 Å². The second kappa shape index (κ2) is 10.2. The molecule has 1 amide bonds. The molecule has 3 rings (SSSR count). The number of rotatable bonds is 4. The molecule has 2 aromatic rings. The van der Waals surface area contributed by atoms with Crippen LogP contribution in [-0.4, -0.2) is 32.0 Å². The van der Waals surface area contributed by atoms with E-state index in [2.05, 4.69) is 21.7 Å². The molecule has 0 unspecified atom stereocenters. The van der Waals surface area contributed by atoms with Crippen LogP contribution in [0.3, 0.4) is 0 Å². The highest BCUT2D eigenvalue weighted by Crippen LogP contribution is 2.26. The van der Waals surface area contributed by atoms with Crippen molar-refractivity contribution in [2.75, 3.05) is 25.0 Å². The van der Waals surface area contributed by atoms with E-state index in [4.69, 9.17) is 0 Å². The van der Waals surface area contributed by atoms with Gasteiger partial charge in [-0.25, -0.2) is 4.39 Å². The Morgan fingerprint density at radius 1 is 1.15 bits per heavy atom. The molecule has 0 saturated carbocycles. The van der Waals surface area contributed by atoms with E-state index < -0.39 is 0 Å². The number of nitrogens with zero attached hydrogens (tertiary/aromatic N) is 2. The van der Waals surface area contributed by atoms with Crippen molar-refractivity contribution in [3.63, 3.8) is 0 Å². The number of carbonyl (C=O) groups excluding carboxylic acids is 1. The number of hydrogen-bond donors (Lipinski definition) is 2. The van der Waals surface area contributed by atoms with Crippen LogP contribution in [0.1, 0.15) is 17.5 Å². The van der Waals surface area contributed by atoms with Gasteiger partial charge in [0.25, 0.3) is 0 Å². The third-order valence-electron chi connectivity index (χ3n) is 4.42. The van der Waals surface area contributed by atoms with Crippen LogP contribution < -0.4 is 15.5 Å². The average Bonchev–Trinajstić information content (AvgIpc) is 2.68. The van der Waals surface area contributed by atoms with Crippen LogP contribution in [0.15, 0.2) is 53.5 Å². The summed E-state index contributed by atoms with van der Waals surface area (Å²) in [5.74, 6) is 0.290. The van der Waals surface area contributed by atoms with Gasteiger partial charge in [-0.1, -0.05) is 30.3 Å². The maximum atomic E-state index is 12.9. The number of benzene rings is 2. The predicted octanol–water partition coefficient (Wildman–Crippen LogP) is 3.09. The first kappa shape index (κ1) is 21.1. The van der Waals surface area contributed by atoms with Crippen LogP contribution in [0.4, 0.5) is 10.1 Å². The van der Waals surface area contributed by atoms with E-state index in [-0.39, 0.29) is 42.2 Å². The molecule has 2 N–H and O–H groups in total. The highest BCUT2D eigenvalue weighted by molar-refractivity contribution is 14.0. The van der Waals surface area contributed by atoms with Crippen molar-refractivity contribution in [1.29, 1.82) is 0 Å². The Labute approximate surface area is 176 Å². The first-order valence-corrected chi connectivity index (χ1v) is 8.74. The molecule has 1 aliphatic heterocycles. The summed E-state index contributed by atoms with van der Waals surface area (Å²) in [6.07, 6.45) is 1.98. The maximum Gasteiger partial charge on any atom is 0.246 e. The summed E-state index contributed by atoms with van der Waals surface area (Å²) in [5.41, 5.74) is 3.15. The minimum Gasteiger partial charge on any atom is -0.352 e. The molecule has 2 aromatic carbocycles. The quantitative estimate of drug-likeness (QED) is 0.400. The zero-order valence-corrected chi connectivity index (χ0v) is 17.6. The monoisotopic (exact) mass is 482 g/mol. The lowest BCUT2D eigenvalue weighted by atomic mass is 10.0. The third-order valence-corrected chi connectivity index (χ3v) is 4.42. The van der Waals surface area contributed by atoms with Crippen LogP contribution in [0.2, 0.25) is 0 Å². The number of aryl methyl sites for hydroxylation is 1. The number of nitrogens with one attached hydrogen (secondary N) is 2. The van der Waals surface area contributed by atoms with E-state index in [1.54, 1.807) is 19.2 Å². The molecular formula is C20H24FIN4O. The molecule has 0 aliphatic carbocycles. The predicted molar refractivity (Wildman–Crippen MR) is 117 cm³/mol. The van der Waals surface area contributed by atoms with Crippen molar-refractivity contribution in [1.82, 2.24) is 10.6 Å². The van der Waals surface area contributed by atoms with Gasteiger partial charge in [0.05, 0.1) is 6.54 Å². The second-order valence-corrected chi connectivity index (χ2v) is 6.18. The molecule has 0 aromatic heterocycles. The summed E-state index contributed by atoms with van der Waals surface area (Å²) in [4.78, 5) is 18.6. The van der Waals surface area contributed by atoms with Crippen molar-refractivity contribution in [3.05, 3.63) is 65.5 Å². The van der Waals surface area contributed by atoms with E-state index in [1.165, 1.54) is 17.7 Å². The lowest BCUT2D eigenvalue weighted by molar-refractivity contribution is -0.117. The van der Waals surface area contributed by atoms with Gasteiger partial charge < -0.3 is 15.5 Å².